The molecule has 10 N–H and O–H groups in total. The third kappa shape index (κ3) is 21.6. The van der Waals surface area contributed by atoms with Crippen LogP contribution in [0.15, 0.2) is 64.4 Å². The Hall–Kier alpha value is -6.36. The van der Waals surface area contributed by atoms with Crippen molar-refractivity contribution in [3.63, 3.8) is 0 Å². The van der Waals surface area contributed by atoms with Crippen LogP contribution in [0.3, 0.4) is 0 Å². The fourth-order valence-corrected chi connectivity index (χ4v) is 16.9. The summed E-state index contributed by atoms with van der Waals surface area (Å²) in [5.74, 6) is 9.87. The number of hydrogen-bond donors (Lipinski definition) is 10. The molecule has 0 radical (unpaired) electrons. The number of amides is 3. The molecule has 3 amide bonds. The number of likely N-dealkylation sites (N-methyl/N-ethyl adjacent to an activating group) is 1. The van der Waals surface area contributed by atoms with E-state index in [-0.39, 0.29) is 83.0 Å². The Bertz CT molecular complexity index is 3790. The highest BCUT2D eigenvalue weighted by molar-refractivity contribution is 8.77. The van der Waals surface area contributed by atoms with Gasteiger partial charge in [-0.3, -0.25) is 28.8 Å². The Morgan fingerprint density at radius 1 is 0.843 bits per heavy atom. The Morgan fingerprint density at radius 3 is 2.20 bits per heavy atom. The number of benzene rings is 2. The lowest BCUT2D eigenvalue weighted by atomic mass is 9.75. The average molecular weight is 1570 g/mol. The summed E-state index contributed by atoms with van der Waals surface area (Å²) >= 11 is 0.771. The zero-order valence-corrected chi connectivity index (χ0v) is 65.5. The molecular weight excluding hydrogens is 1470 g/mol. The molecule has 2 aromatic carbocycles. The number of methoxy groups -OCH3 is 3. The summed E-state index contributed by atoms with van der Waals surface area (Å²) in [5, 5.41) is 85.3. The third-order valence-electron chi connectivity index (χ3n) is 19.2. The molecular formula is C75H101N5O25S3. The molecule has 30 nitrogen and oxygen atoms in total. The van der Waals surface area contributed by atoms with Gasteiger partial charge < -0.3 is 103 Å². The van der Waals surface area contributed by atoms with E-state index in [1.165, 1.54) is 68.9 Å². The second-order valence-corrected chi connectivity index (χ2v) is 31.7. The predicted molar refractivity (Wildman–Crippen MR) is 397 cm³/mol. The molecule has 0 aromatic heterocycles. The summed E-state index contributed by atoms with van der Waals surface area (Å²) in [6.45, 7) is 17.3. The molecule has 4 heterocycles. The first-order valence-electron chi connectivity index (χ1n) is 35.5. The van der Waals surface area contributed by atoms with E-state index >= 15 is 0 Å². The molecule has 0 saturated carbocycles. The fraction of sp³-hybridized carbons (Fsp3) is 0.613. The van der Waals surface area contributed by atoms with Crippen molar-refractivity contribution in [3.8, 4) is 40.9 Å². The second kappa shape index (κ2) is 39.7. The number of hydroxylamine groups is 1. The number of allylic oxidation sites excluding steroid dienone is 3. The van der Waals surface area contributed by atoms with E-state index < -0.39 is 162 Å². The van der Waals surface area contributed by atoms with E-state index in [2.05, 4.69) is 45.0 Å². The van der Waals surface area contributed by atoms with Crippen molar-refractivity contribution >= 4 is 73.5 Å². The second-order valence-electron chi connectivity index (χ2n) is 27.5. The number of rotatable bonds is 32. The number of ketones is 2. The Labute approximate surface area is 640 Å². The number of Topliss-reactive ketones (excluding diaryl/α,β-unsaturated/α-hetero) is 2. The van der Waals surface area contributed by atoms with Crippen LogP contribution in [-0.2, 0) is 73.3 Å². The number of aliphatic hydroxyl groups excluding tert-OH is 6. The standard InChI is InChI=1S/C75H101N5O25S3/c1-15-80(45(9)84)50-37-98-57(32-54(50)94-12)103-69-64(90)61(79-105-58-31-51(85)70(44(8)99-58)107-71(92)59-39(3)40(4)66(48(35-81)67(59)95-13)104-72-65(91)68(96-14)63(89)43(7)101-72)42(6)100-73(69)102-53-22-18-16-17-19-28-75(93)33-52(86)62(76-56(88)36-82)60(53)49(75)27-30-106-108-74(10,11)34-55(87)78-77-41(5)46-23-25-47(26-24-46)97-29-20-21-38(2)83/h16-17,23-27,42-44,50-51,53-54,57-58,61,63-65,68-70,72-73,79,81-82,85,89-91,93H,15,20-21,29-37H2,1-14H3,(H,76,88)(H,78,87)/b17-16-,49-27+,77-41+/t42?,43?,44?,50-,51+,53-,54+,57-,58-,61+,63-,64+,65?,68-,69?,70+,72-,73-,75?/m0/s1. The van der Waals surface area contributed by atoms with Gasteiger partial charge in [0.25, 0.3) is 0 Å². The Morgan fingerprint density at radius 2 is 1.56 bits per heavy atom. The van der Waals surface area contributed by atoms with Crippen LogP contribution in [0.1, 0.15) is 133 Å². The SMILES string of the molecule is CCN(C(C)=O)[C@H]1CO[C@@H](OC2[C@H](O[C@H]3C#C/C=C\C#CC4(O)CC(=O)C(NC(=O)CO)=C3/C4=C\CSSC(C)(C)CC(=O)N/N=C(\C)c3ccc(OCCCC(C)=O)cc3)OC(C)[C@@H](NO[C@H]3C[C@@H](O)[C@H](SC(=O)c4c(C)c(C)c(O[C@@H]5OC(C)[C@H](O)[C@H](OC)C5O)c(CO)c4OC)C(C)O3)[C@H]2O)C[C@H]1OC. The summed E-state index contributed by atoms with van der Waals surface area (Å²) in [5.41, 5.74) is 4.90. The van der Waals surface area contributed by atoms with Crippen LogP contribution < -0.4 is 30.4 Å². The first-order chi connectivity index (χ1) is 51.3. The zero-order valence-electron chi connectivity index (χ0n) is 63.0. The van der Waals surface area contributed by atoms with Crippen molar-refractivity contribution in [1.82, 2.24) is 21.1 Å². The molecule has 4 fully saturated rings. The minimum atomic E-state index is -2.25. The summed E-state index contributed by atoms with van der Waals surface area (Å²) in [6, 6.07) is 5.42. The zero-order chi connectivity index (χ0) is 79.1. The minimum absolute atomic E-state index is 0.00910. The smallest absolute Gasteiger partial charge is 0.250 e. The molecule has 33 heteroatoms. The van der Waals surface area contributed by atoms with Crippen LogP contribution >= 0.6 is 33.3 Å². The lowest BCUT2D eigenvalue weighted by molar-refractivity contribution is -0.337. The van der Waals surface area contributed by atoms with Crippen molar-refractivity contribution in [2.24, 2.45) is 5.10 Å². The van der Waals surface area contributed by atoms with E-state index in [9.17, 15) is 64.5 Å². The van der Waals surface area contributed by atoms with Crippen LogP contribution in [-0.4, -0.2) is 254 Å². The van der Waals surface area contributed by atoms with Crippen LogP contribution in [0.4, 0.5) is 0 Å². The third-order valence-corrected chi connectivity index (χ3v) is 23.7. The molecule has 8 rings (SSSR count). The van der Waals surface area contributed by atoms with E-state index in [0.717, 1.165) is 17.3 Å². The number of nitrogens with one attached hydrogen (secondary N) is 3. The number of aliphatic hydroxyl groups is 7. The number of thioether (sulfide) groups is 1. The molecule has 4 aliphatic heterocycles. The quantitative estimate of drug-likeness (QED) is 0.0164. The molecule has 4 saturated heterocycles. The summed E-state index contributed by atoms with van der Waals surface area (Å²) in [7, 11) is 6.76. The maximum absolute atomic E-state index is 14.6. The molecule has 2 aliphatic carbocycles. The molecule has 6 aliphatic rings. The number of ether oxygens (including phenoxy) is 11. The van der Waals surface area contributed by atoms with Crippen LogP contribution in [0.2, 0.25) is 0 Å². The van der Waals surface area contributed by atoms with Gasteiger partial charge in [0.2, 0.25) is 29.1 Å². The predicted octanol–water partition coefficient (Wildman–Crippen LogP) is 3.57. The molecule has 19 atom stereocenters. The number of hydrogen-bond acceptors (Lipinski definition) is 30. The van der Waals surface area contributed by atoms with Crippen LogP contribution in [0.5, 0.6) is 17.2 Å². The van der Waals surface area contributed by atoms with Crippen molar-refractivity contribution in [2.75, 3.05) is 53.4 Å². The van der Waals surface area contributed by atoms with E-state index in [1.54, 1.807) is 64.7 Å². The molecule has 6 unspecified atom stereocenters. The average Bonchev–Trinajstić information content (AvgIpc) is 0.755. The normalized spacial score (nSPS) is 30.8. The van der Waals surface area contributed by atoms with E-state index in [1.807, 2.05) is 32.9 Å². The van der Waals surface area contributed by atoms with Gasteiger partial charge in [0, 0.05) is 75.0 Å². The van der Waals surface area contributed by atoms with Crippen molar-refractivity contribution in [2.45, 2.75) is 241 Å². The van der Waals surface area contributed by atoms with Crippen molar-refractivity contribution in [1.29, 1.82) is 0 Å². The first-order valence-corrected chi connectivity index (χ1v) is 38.7. The van der Waals surface area contributed by atoms with Gasteiger partial charge in [0.1, 0.15) is 66.3 Å². The highest BCUT2D eigenvalue weighted by Crippen LogP contribution is 2.46. The van der Waals surface area contributed by atoms with Crippen molar-refractivity contribution in [3.05, 3.63) is 87.2 Å². The first kappa shape index (κ1) is 87.2. The number of hydrazone groups is 1. The summed E-state index contributed by atoms with van der Waals surface area (Å²) in [6.07, 6.45) is -14.2. The van der Waals surface area contributed by atoms with Gasteiger partial charge in [-0.05, 0) is 129 Å². The molecule has 2 bridgehead atoms. The Balaban J connectivity index is 1.02. The Kier molecular flexibility index (Phi) is 32.1. The van der Waals surface area contributed by atoms with Gasteiger partial charge in [0.05, 0.1) is 104 Å². The maximum Gasteiger partial charge on any atom is 0.250 e. The molecule has 0 spiro atoms. The topological polar surface area (TPSA) is 406 Å². The van der Waals surface area contributed by atoms with E-state index in [0.29, 0.717) is 48.6 Å². The van der Waals surface area contributed by atoms with Crippen molar-refractivity contribution < 1.29 is 121 Å². The fourth-order valence-electron chi connectivity index (χ4n) is 13.4. The molecule has 108 heavy (non-hydrogen) atoms. The lowest BCUT2D eigenvalue weighted by Crippen LogP contribution is -2.65. The monoisotopic (exact) mass is 1570 g/mol. The van der Waals surface area contributed by atoms with Gasteiger partial charge in [-0.25, -0.2) is 5.43 Å². The number of carbonyl (C=O) groups excluding carboxylic acids is 6. The van der Waals surface area contributed by atoms with Crippen LogP contribution in [0, 0.1) is 37.5 Å². The minimum Gasteiger partial charge on any atom is -0.495 e. The molecule has 2 aromatic rings. The van der Waals surface area contributed by atoms with Gasteiger partial charge in [-0.15, -0.1) is 0 Å². The van der Waals surface area contributed by atoms with Gasteiger partial charge in [-0.1, -0.05) is 63.1 Å². The number of nitrogens with zero attached hydrogens (tertiary/aromatic N) is 2. The van der Waals surface area contributed by atoms with Gasteiger partial charge >= 0.3 is 0 Å². The number of carbonyl (C=O) groups is 6. The largest absolute Gasteiger partial charge is 0.495 e. The highest BCUT2D eigenvalue weighted by Gasteiger charge is 2.52. The van der Waals surface area contributed by atoms with Gasteiger partial charge in [-0.2, -0.15) is 10.6 Å². The van der Waals surface area contributed by atoms with Crippen LogP contribution in [0.25, 0.3) is 0 Å². The molecule has 594 valence electrons. The van der Waals surface area contributed by atoms with Gasteiger partial charge in [0.15, 0.2) is 30.3 Å². The number of fused-ring (bicyclic) bond motifs is 2. The summed E-state index contributed by atoms with van der Waals surface area (Å²) < 4.78 is 66.8. The summed E-state index contributed by atoms with van der Waals surface area (Å²) in [4.78, 5) is 87.6. The highest BCUT2D eigenvalue weighted by atomic mass is 33.1. The van der Waals surface area contributed by atoms with E-state index in [4.69, 9.17) is 56.9 Å². The maximum atomic E-state index is 14.6. The lowest BCUT2D eigenvalue weighted by Gasteiger charge is -2.47.